The van der Waals surface area contributed by atoms with Gasteiger partial charge < -0.3 is 10.1 Å². The average molecular weight is 486 g/mol. The third-order valence-corrected chi connectivity index (χ3v) is 5.16. The van der Waals surface area contributed by atoms with Gasteiger partial charge in [0.05, 0.1) is 10.7 Å². The number of rotatable bonds is 6. The monoisotopic (exact) mass is 485 g/mol. The number of likely N-dealkylation sites (N-methyl/N-ethyl adjacent to an activating group) is 1. The van der Waals surface area contributed by atoms with E-state index < -0.39 is 16.9 Å². The SMILES string of the molecule is C=C(/C=C(\C(=O)NC)C(C)C)Oc1c(Cl)cc(-n2nc(C#N)c(=O)[nH]c2=O)c2c1CC2.CCC. The van der Waals surface area contributed by atoms with Gasteiger partial charge in [0.2, 0.25) is 11.6 Å². The Morgan fingerprint density at radius 1 is 1.38 bits per heavy atom. The lowest BCUT2D eigenvalue weighted by Crippen LogP contribution is -2.34. The normalized spacial score (nSPS) is 12.0. The van der Waals surface area contributed by atoms with Crippen LogP contribution < -0.4 is 21.3 Å². The van der Waals surface area contributed by atoms with Crippen molar-refractivity contribution in [1.82, 2.24) is 20.1 Å². The lowest BCUT2D eigenvalue weighted by Gasteiger charge is -2.26. The molecule has 0 radical (unpaired) electrons. The van der Waals surface area contributed by atoms with E-state index in [9.17, 15) is 14.4 Å². The molecule has 1 aromatic heterocycles. The van der Waals surface area contributed by atoms with E-state index in [-0.39, 0.29) is 22.6 Å². The van der Waals surface area contributed by atoms with Gasteiger partial charge in [-0.25, -0.2) is 4.79 Å². The number of ether oxygens (including phenoxy) is 1. The van der Waals surface area contributed by atoms with Crippen molar-refractivity contribution >= 4 is 17.5 Å². The number of hydrogen-bond donors (Lipinski definition) is 2. The molecule has 1 amide bonds. The minimum atomic E-state index is -0.853. The Hall–Kier alpha value is -3.64. The van der Waals surface area contributed by atoms with Crippen LogP contribution in [-0.2, 0) is 17.6 Å². The minimum Gasteiger partial charge on any atom is -0.456 e. The van der Waals surface area contributed by atoms with Crippen LogP contribution in [0.15, 0.2) is 39.6 Å². The van der Waals surface area contributed by atoms with Crippen LogP contribution in [0.4, 0.5) is 0 Å². The maximum absolute atomic E-state index is 12.2. The summed E-state index contributed by atoms with van der Waals surface area (Å²) >= 11 is 6.43. The van der Waals surface area contributed by atoms with Crippen molar-refractivity contribution in [2.75, 3.05) is 7.05 Å². The molecule has 0 saturated heterocycles. The van der Waals surface area contributed by atoms with E-state index in [1.165, 1.54) is 12.5 Å². The van der Waals surface area contributed by atoms with E-state index in [2.05, 4.69) is 35.8 Å². The van der Waals surface area contributed by atoms with Crippen molar-refractivity contribution in [1.29, 1.82) is 5.26 Å². The van der Waals surface area contributed by atoms with Crippen molar-refractivity contribution < 1.29 is 9.53 Å². The van der Waals surface area contributed by atoms with Gasteiger partial charge in [-0.2, -0.15) is 9.94 Å². The van der Waals surface area contributed by atoms with E-state index in [0.717, 1.165) is 15.8 Å². The molecule has 0 atom stereocenters. The molecule has 1 aliphatic carbocycles. The molecule has 0 bridgehead atoms. The van der Waals surface area contributed by atoms with Gasteiger partial charge in [0.25, 0.3) is 5.56 Å². The average Bonchev–Trinajstić information content (AvgIpc) is 2.75. The summed E-state index contributed by atoms with van der Waals surface area (Å²) in [4.78, 5) is 38.0. The third-order valence-electron chi connectivity index (χ3n) is 4.88. The van der Waals surface area contributed by atoms with Crippen LogP contribution in [0.5, 0.6) is 5.75 Å². The number of nitrogens with one attached hydrogen (secondary N) is 2. The molecule has 2 aromatic rings. The fourth-order valence-corrected chi connectivity index (χ4v) is 3.49. The number of fused-ring (bicyclic) bond motifs is 1. The largest absolute Gasteiger partial charge is 0.456 e. The lowest BCUT2D eigenvalue weighted by atomic mass is 9.86. The highest BCUT2D eigenvalue weighted by atomic mass is 35.5. The molecular weight excluding hydrogens is 458 g/mol. The molecule has 1 heterocycles. The van der Waals surface area contributed by atoms with Gasteiger partial charge in [0, 0.05) is 18.2 Å². The second-order valence-electron chi connectivity index (χ2n) is 7.90. The molecule has 1 aromatic carbocycles. The Balaban J connectivity index is 0.00000129. The Morgan fingerprint density at radius 2 is 2.00 bits per heavy atom. The second-order valence-corrected chi connectivity index (χ2v) is 8.31. The fraction of sp³-hybridized carbons (Fsp3) is 0.375. The highest BCUT2D eigenvalue weighted by molar-refractivity contribution is 6.32. The first-order chi connectivity index (χ1) is 16.1. The smallest absolute Gasteiger partial charge is 0.349 e. The second kappa shape index (κ2) is 11.5. The zero-order valence-corrected chi connectivity index (χ0v) is 20.7. The van der Waals surface area contributed by atoms with E-state index in [1.807, 2.05) is 13.8 Å². The summed E-state index contributed by atoms with van der Waals surface area (Å²) in [5, 5.41) is 15.7. The fourth-order valence-electron chi connectivity index (χ4n) is 3.23. The molecular formula is C24H28ClN5O4. The Morgan fingerprint density at radius 3 is 2.50 bits per heavy atom. The summed E-state index contributed by atoms with van der Waals surface area (Å²) in [6, 6.07) is 3.14. The van der Waals surface area contributed by atoms with Crippen LogP contribution in [0.1, 0.15) is 50.9 Å². The van der Waals surface area contributed by atoms with Crippen LogP contribution in [0.3, 0.4) is 0 Å². The van der Waals surface area contributed by atoms with Crippen LogP contribution in [0.25, 0.3) is 5.69 Å². The van der Waals surface area contributed by atoms with E-state index in [1.54, 1.807) is 19.2 Å². The summed E-state index contributed by atoms with van der Waals surface area (Å²) in [6.45, 7) is 11.9. The predicted octanol–water partition coefficient (Wildman–Crippen LogP) is 3.18. The number of nitrogens with zero attached hydrogens (tertiary/aromatic N) is 3. The summed E-state index contributed by atoms with van der Waals surface area (Å²) in [6.07, 6.45) is 4.09. The zero-order valence-electron chi connectivity index (χ0n) is 19.9. The quantitative estimate of drug-likeness (QED) is 0.367. The zero-order chi connectivity index (χ0) is 25.6. The number of aromatic nitrogens is 3. The number of aromatic amines is 1. The predicted molar refractivity (Wildman–Crippen MR) is 130 cm³/mol. The molecule has 0 unspecified atom stereocenters. The summed E-state index contributed by atoms with van der Waals surface area (Å²) in [5.41, 5.74) is 0.339. The van der Waals surface area contributed by atoms with Gasteiger partial charge in [0.15, 0.2) is 0 Å². The maximum atomic E-state index is 12.2. The first kappa shape index (κ1) is 26.6. The maximum Gasteiger partial charge on any atom is 0.349 e. The van der Waals surface area contributed by atoms with Crippen LogP contribution in [0.2, 0.25) is 5.02 Å². The first-order valence-electron chi connectivity index (χ1n) is 10.9. The molecule has 0 aliphatic heterocycles. The van der Waals surface area contributed by atoms with E-state index in [4.69, 9.17) is 21.6 Å². The molecule has 9 nitrogen and oxygen atoms in total. The van der Waals surface area contributed by atoms with Crippen molar-refractivity contribution in [3.63, 3.8) is 0 Å². The summed E-state index contributed by atoms with van der Waals surface area (Å²) < 4.78 is 6.82. The number of benzene rings is 1. The number of carbonyl (C=O) groups is 1. The van der Waals surface area contributed by atoms with Crippen molar-refractivity contribution in [3.8, 4) is 17.5 Å². The Bertz CT molecular complexity index is 1300. The van der Waals surface area contributed by atoms with Crippen molar-refractivity contribution in [2.24, 2.45) is 5.92 Å². The van der Waals surface area contributed by atoms with Gasteiger partial charge in [-0.1, -0.05) is 52.3 Å². The van der Waals surface area contributed by atoms with Crippen LogP contribution in [-0.4, -0.2) is 27.7 Å². The molecule has 0 spiro atoms. The molecule has 1 aliphatic rings. The van der Waals surface area contributed by atoms with Gasteiger partial charge in [-0.05, 0) is 36.5 Å². The van der Waals surface area contributed by atoms with Gasteiger partial charge in [-0.15, -0.1) is 5.10 Å². The van der Waals surface area contributed by atoms with Gasteiger partial charge >= 0.3 is 5.69 Å². The highest BCUT2D eigenvalue weighted by Crippen LogP contribution is 2.42. The molecule has 0 saturated carbocycles. The van der Waals surface area contributed by atoms with Crippen molar-refractivity contribution in [3.05, 3.63) is 72.7 Å². The van der Waals surface area contributed by atoms with Crippen LogP contribution in [0, 0.1) is 17.2 Å². The summed E-state index contributed by atoms with van der Waals surface area (Å²) in [7, 11) is 1.55. The first-order valence-corrected chi connectivity index (χ1v) is 11.3. The number of halogens is 1. The lowest BCUT2D eigenvalue weighted by molar-refractivity contribution is -0.117. The topological polar surface area (TPSA) is 130 Å². The number of H-pyrrole nitrogens is 1. The standard InChI is InChI=1S/C21H20ClN5O4.C3H8/c1-10(2)14(19(28)24-4)7-11(3)31-18-13-6-5-12(13)17(8-15(18)22)27-21(30)25-20(29)16(9-23)26-27;1-3-2/h7-8,10H,3,5-6H2,1-2,4H3,(H,24,28)(H,25,29,30);3H2,1-2H3/b14-7-;. The molecule has 2 N–H and O–H groups in total. The number of nitriles is 1. The minimum absolute atomic E-state index is 0.0476. The number of hydrogen-bond acceptors (Lipinski definition) is 6. The Labute approximate surface area is 202 Å². The molecule has 0 fully saturated rings. The van der Waals surface area contributed by atoms with Gasteiger partial charge in [0.1, 0.15) is 17.6 Å². The highest BCUT2D eigenvalue weighted by Gasteiger charge is 2.27. The molecule has 180 valence electrons. The number of amides is 1. The van der Waals surface area contributed by atoms with Crippen molar-refractivity contribution in [2.45, 2.75) is 47.0 Å². The summed E-state index contributed by atoms with van der Waals surface area (Å²) in [5.74, 6) is 0.340. The third kappa shape index (κ3) is 5.64. The number of carbonyl (C=O) groups excluding carboxylic acids is 1. The van der Waals surface area contributed by atoms with E-state index in [0.29, 0.717) is 29.9 Å². The Kier molecular flexibility index (Phi) is 8.98. The number of allylic oxidation sites excluding steroid dienone is 1. The van der Waals surface area contributed by atoms with Crippen LogP contribution >= 0.6 is 11.6 Å². The van der Waals surface area contributed by atoms with Gasteiger partial charge in [-0.3, -0.25) is 14.6 Å². The molecule has 10 heteroatoms. The molecule has 3 rings (SSSR count). The molecule has 34 heavy (non-hydrogen) atoms. The van der Waals surface area contributed by atoms with E-state index >= 15 is 0 Å².